The van der Waals surface area contributed by atoms with Gasteiger partial charge in [0.2, 0.25) is 5.91 Å². The number of carbonyl (C=O) groups excluding carboxylic acids is 1. The number of halogens is 1. The molecule has 0 aliphatic carbocycles. The zero-order chi connectivity index (χ0) is 17.1. The van der Waals surface area contributed by atoms with E-state index in [-0.39, 0.29) is 11.9 Å². The molecule has 0 unspecified atom stereocenters. The number of aromatic nitrogens is 3. The first-order valence-corrected chi connectivity index (χ1v) is 8.59. The van der Waals surface area contributed by atoms with Crippen molar-refractivity contribution in [3.05, 3.63) is 40.8 Å². The number of H-pyrrole nitrogens is 1. The Balaban J connectivity index is 1.62. The molecule has 2 aromatic heterocycles. The summed E-state index contributed by atoms with van der Waals surface area (Å²) in [7, 11) is 0. The van der Waals surface area contributed by atoms with E-state index in [0.29, 0.717) is 16.8 Å². The summed E-state index contributed by atoms with van der Waals surface area (Å²) in [5, 5.41) is 10.8. The second kappa shape index (κ2) is 7.32. The Kier molecular flexibility index (Phi) is 5.16. The van der Waals surface area contributed by atoms with E-state index in [1.807, 2.05) is 13.8 Å². The third kappa shape index (κ3) is 3.94. The number of nitrogens with zero attached hydrogens (tertiary/aromatic N) is 3. The fraction of sp³-hybridized carbons (Fsp3) is 0.471. The van der Waals surface area contributed by atoms with Crippen molar-refractivity contribution in [2.24, 2.45) is 0 Å². The van der Waals surface area contributed by atoms with Crippen molar-refractivity contribution in [1.82, 2.24) is 20.1 Å². The largest absolute Gasteiger partial charge is 0.309 e. The van der Waals surface area contributed by atoms with E-state index in [9.17, 15) is 4.79 Å². The summed E-state index contributed by atoms with van der Waals surface area (Å²) in [6.45, 7) is 5.70. The highest BCUT2D eigenvalue weighted by atomic mass is 35.5. The fourth-order valence-electron chi connectivity index (χ4n) is 3.09. The molecule has 24 heavy (non-hydrogen) atoms. The highest BCUT2D eigenvalue weighted by Crippen LogP contribution is 2.27. The quantitative estimate of drug-likeness (QED) is 0.891. The van der Waals surface area contributed by atoms with Crippen LogP contribution in [0.15, 0.2) is 24.4 Å². The molecule has 2 aromatic rings. The molecule has 0 saturated carbocycles. The molecule has 3 rings (SSSR count). The lowest BCUT2D eigenvalue weighted by atomic mass is 9.93. The van der Waals surface area contributed by atoms with Crippen molar-refractivity contribution >= 4 is 23.3 Å². The van der Waals surface area contributed by atoms with Crippen LogP contribution in [0.2, 0.25) is 5.02 Å². The van der Waals surface area contributed by atoms with Crippen LogP contribution in [0.1, 0.15) is 37.1 Å². The summed E-state index contributed by atoms with van der Waals surface area (Å²) in [5.74, 6) is 0.837. The van der Waals surface area contributed by atoms with Crippen LogP contribution in [-0.2, 0) is 4.79 Å². The molecule has 3 heterocycles. The Morgan fingerprint density at radius 1 is 1.50 bits per heavy atom. The second-order valence-electron chi connectivity index (χ2n) is 6.34. The number of hydrogen-bond donors (Lipinski definition) is 2. The first-order chi connectivity index (χ1) is 11.5. The van der Waals surface area contributed by atoms with Gasteiger partial charge in [0.15, 0.2) is 0 Å². The number of anilines is 1. The second-order valence-corrected chi connectivity index (χ2v) is 6.77. The van der Waals surface area contributed by atoms with E-state index < -0.39 is 0 Å². The van der Waals surface area contributed by atoms with Crippen LogP contribution in [-0.4, -0.2) is 45.1 Å². The van der Waals surface area contributed by atoms with Crippen molar-refractivity contribution in [3.8, 4) is 0 Å². The average molecular weight is 348 g/mol. The van der Waals surface area contributed by atoms with Crippen LogP contribution in [0.5, 0.6) is 0 Å². The lowest BCUT2D eigenvalue weighted by molar-refractivity contribution is -0.121. The van der Waals surface area contributed by atoms with Gasteiger partial charge in [0, 0.05) is 24.4 Å². The topological polar surface area (TPSA) is 73.9 Å². The summed E-state index contributed by atoms with van der Waals surface area (Å²) < 4.78 is 0. The number of likely N-dealkylation sites (tertiary alicyclic amines) is 1. The number of piperidine rings is 1. The molecular formula is C17H22ClN5O. The van der Waals surface area contributed by atoms with E-state index in [1.165, 1.54) is 6.20 Å². The van der Waals surface area contributed by atoms with Crippen LogP contribution in [0.4, 0.5) is 5.82 Å². The zero-order valence-corrected chi connectivity index (χ0v) is 14.7. The molecule has 2 atom stereocenters. The van der Waals surface area contributed by atoms with E-state index in [4.69, 9.17) is 11.6 Å². The average Bonchev–Trinajstić information content (AvgIpc) is 3.03. The van der Waals surface area contributed by atoms with Gasteiger partial charge in [0.25, 0.3) is 0 Å². The molecule has 0 spiro atoms. The molecule has 0 radical (unpaired) electrons. The maximum Gasteiger partial charge on any atom is 0.242 e. The zero-order valence-electron chi connectivity index (χ0n) is 13.9. The van der Waals surface area contributed by atoms with Crippen molar-refractivity contribution in [1.29, 1.82) is 0 Å². The maximum atomic E-state index is 12.5. The molecule has 0 bridgehead atoms. The summed E-state index contributed by atoms with van der Waals surface area (Å²) in [6, 6.07) is 5.30. The lowest BCUT2D eigenvalue weighted by Gasteiger charge is -2.35. The standard InChI is InChI=1S/C17H22ClN5O/c1-11-8-15(22-21-11)13-4-3-7-23(10-13)12(2)17(24)20-16-6-5-14(18)9-19-16/h5-6,8-9,12-13H,3-4,7,10H2,1-2H3,(H,21,22)(H,19,20,24)/t12-,13-/m0/s1. The smallest absolute Gasteiger partial charge is 0.242 e. The number of nitrogens with one attached hydrogen (secondary N) is 2. The third-order valence-corrected chi connectivity index (χ3v) is 4.73. The number of amides is 1. The first-order valence-electron chi connectivity index (χ1n) is 8.21. The van der Waals surface area contributed by atoms with Gasteiger partial charge < -0.3 is 5.32 Å². The predicted molar refractivity (Wildman–Crippen MR) is 94.2 cm³/mol. The minimum absolute atomic E-state index is 0.0521. The van der Waals surface area contributed by atoms with Gasteiger partial charge in [-0.15, -0.1) is 0 Å². The third-order valence-electron chi connectivity index (χ3n) is 4.50. The Morgan fingerprint density at radius 2 is 2.33 bits per heavy atom. The van der Waals surface area contributed by atoms with Crippen LogP contribution in [0.3, 0.4) is 0 Å². The Bertz CT molecular complexity index is 699. The van der Waals surface area contributed by atoms with Crippen molar-refractivity contribution in [3.63, 3.8) is 0 Å². The normalized spacial score (nSPS) is 19.9. The van der Waals surface area contributed by atoms with Gasteiger partial charge in [-0.05, 0) is 51.4 Å². The lowest BCUT2D eigenvalue weighted by Crippen LogP contribution is -2.46. The van der Waals surface area contributed by atoms with Gasteiger partial charge in [-0.25, -0.2) is 4.98 Å². The monoisotopic (exact) mass is 347 g/mol. The molecule has 6 nitrogen and oxygen atoms in total. The van der Waals surface area contributed by atoms with Gasteiger partial charge in [-0.2, -0.15) is 5.10 Å². The number of pyridine rings is 1. The Hall–Kier alpha value is -1.92. The van der Waals surface area contributed by atoms with Crippen molar-refractivity contribution < 1.29 is 4.79 Å². The van der Waals surface area contributed by atoms with E-state index in [1.54, 1.807) is 12.1 Å². The summed E-state index contributed by atoms with van der Waals surface area (Å²) in [4.78, 5) is 18.8. The van der Waals surface area contributed by atoms with Gasteiger partial charge in [-0.1, -0.05) is 11.6 Å². The Labute approximate surface area is 146 Å². The van der Waals surface area contributed by atoms with E-state index >= 15 is 0 Å². The van der Waals surface area contributed by atoms with Gasteiger partial charge in [0.05, 0.1) is 16.8 Å². The maximum absolute atomic E-state index is 12.5. The fourth-order valence-corrected chi connectivity index (χ4v) is 3.21. The predicted octanol–water partition coefficient (Wildman–Crippen LogP) is 2.97. The number of carbonyl (C=O) groups is 1. The van der Waals surface area contributed by atoms with Crippen molar-refractivity contribution in [2.75, 3.05) is 18.4 Å². The highest BCUT2D eigenvalue weighted by Gasteiger charge is 2.29. The van der Waals surface area contributed by atoms with Crippen LogP contribution in [0, 0.1) is 6.92 Å². The molecule has 0 aromatic carbocycles. The van der Waals surface area contributed by atoms with E-state index in [0.717, 1.165) is 37.3 Å². The molecule has 1 aliphatic rings. The molecule has 1 amide bonds. The van der Waals surface area contributed by atoms with Crippen molar-refractivity contribution in [2.45, 2.75) is 38.6 Å². The number of hydrogen-bond acceptors (Lipinski definition) is 4. The minimum Gasteiger partial charge on any atom is -0.309 e. The summed E-state index contributed by atoms with van der Waals surface area (Å²) in [6.07, 6.45) is 3.69. The van der Waals surface area contributed by atoms with Gasteiger partial charge >= 0.3 is 0 Å². The number of aromatic amines is 1. The molecule has 1 aliphatic heterocycles. The van der Waals surface area contributed by atoms with Gasteiger partial charge in [0.1, 0.15) is 5.82 Å². The number of aryl methyl sites for hydroxylation is 1. The summed E-state index contributed by atoms with van der Waals surface area (Å²) >= 11 is 5.82. The molecule has 2 N–H and O–H groups in total. The SMILES string of the molecule is Cc1cc([C@H]2CCCN([C@@H](C)C(=O)Nc3ccc(Cl)cn3)C2)n[nH]1. The minimum atomic E-state index is -0.217. The van der Waals surface area contributed by atoms with Crippen LogP contribution < -0.4 is 5.32 Å². The van der Waals surface area contributed by atoms with E-state index in [2.05, 4.69) is 31.5 Å². The molecule has 1 saturated heterocycles. The molecule has 7 heteroatoms. The molecule has 128 valence electrons. The first kappa shape index (κ1) is 16.9. The Morgan fingerprint density at radius 3 is 3.00 bits per heavy atom. The highest BCUT2D eigenvalue weighted by molar-refractivity contribution is 6.30. The number of rotatable bonds is 4. The summed E-state index contributed by atoms with van der Waals surface area (Å²) in [5.41, 5.74) is 2.16. The van der Waals surface area contributed by atoms with Gasteiger partial charge in [-0.3, -0.25) is 14.8 Å². The van der Waals surface area contributed by atoms with Crippen LogP contribution >= 0.6 is 11.6 Å². The molecular weight excluding hydrogens is 326 g/mol. The molecule has 1 fully saturated rings. The van der Waals surface area contributed by atoms with Crippen LogP contribution in [0.25, 0.3) is 0 Å².